The molecule has 0 atom stereocenters. The number of rotatable bonds is 3. The van der Waals surface area contributed by atoms with Crippen molar-refractivity contribution in [3.05, 3.63) is 35.5 Å². The first-order valence-corrected chi connectivity index (χ1v) is 6.46. The normalized spacial score (nSPS) is 10.7. The molecule has 0 saturated heterocycles. The third-order valence-corrected chi connectivity index (χ3v) is 3.16. The van der Waals surface area contributed by atoms with Crippen molar-refractivity contribution in [2.75, 3.05) is 5.32 Å². The van der Waals surface area contributed by atoms with Crippen LogP contribution in [0.3, 0.4) is 0 Å². The quantitative estimate of drug-likeness (QED) is 0.921. The van der Waals surface area contributed by atoms with Crippen molar-refractivity contribution >= 4 is 22.4 Å². The number of benzene rings is 1. The van der Waals surface area contributed by atoms with Gasteiger partial charge in [0.05, 0.1) is 5.69 Å². The van der Waals surface area contributed by atoms with Gasteiger partial charge in [-0.2, -0.15) is 0 Å². The minimum atomic E-state index is -0.276. The molecule has 0 spiro atoms. The lowest BCUT2D eigenvalue weighted by molar-refractivity contribution is -0.118. The third kappa shape index (κ3) is 2.92. The average molecular weight is 264 g/mol. The predicted octanol–water partition coefficient (Wildman–Crippen LogP) is 3.54. The highest BCUT2D eigenvalue weighted by Crippen LogP contribution is 2.25. The standard InChI is InChI=1S/C13H13FN2OS/c1-8(2)12(17)16-13-15-11(7-18-13)9-3-5-10(14)6-4-9/h3-8H,1-2H3,(H,15,16,17). The van der Waals surface area contributed by atoms with E-state index in [9.17, 15) is 9.18 Å². The van der Waals surface area contributed by atoms with Crippen LogP contribution in [-0.2, 0) is 4.79 Å². The largest absolute Gasteiger partial charge is 0.302 e. The lowest BCUT2D eigenvalue weighted by atomic mass is 10.2. The van der Waals surface area contributed by atoms with Crippen molar-refractivity contribution in [2.45, 2.75) is 13.8 Å². The Bertz CT molecular complexity index is 548. The molecular formula is C13H13FN2OS. The van der Waals surface area contributed by atoms with Crippen LogP contribution in [0.5, 0.6) is 0 Å². The van der Waals surface area contributed by atoms with Crippen molar-refractivity contribution in [1.82, 2.24) is 4.98 Å². The molecule has 0 fully saturated rings. The minimum Gasteiger partial charge on any atom is -0.302 e. The van der Waals surface area contributed by atoms with E-state index in [-0.39, 0.29) is 17.6 Å². The van der Waals surface area contributed by atoms with Crippen molar-refractivity contribution in [2.24, 2.45) is 5.92 Å². The molecule has 94 valence electrons. The fourth-order valence-electron chi connectivity index (χ4n) is 1.33. The van der Waals surface area contributed by atoms with Crippen LogP contribution in [0, 0.1) is 11.7 Å². The molecular weight excluding hydrogens is 251 g/mol. The summed E-state index contributed by atoms with van der Waals surface area (Å²) >= 11 is 1.36. The van der Waals surface area contributed by atoms with Gasteiger partial charge in [0, 0.05) is 16.9 Å². The molecule has 0 bridgehead atoms. The zero-order chi connectivity index (χ0) is 13.1. The monoisotopic (exact) mass is 264 g/mol. The van der Waals surface area contributed by atoms with Crippen molar-refractivity contribution in [3.8, 4) is 11.3 Å². The summed E-state index contributed by atoms with van der Waals surface area (Å²) in [6.45, 7) is 3.65. The summed E-state index contributed by atoms with van der Waals surface area (Å²) < 4.78 is 12.8. The Morgan fingerprint density at radius 1 is 1.33 bits per heavy atom. The van der Waals surface area contributed by atoms with Gasteiger partial charge in [-0.3, -0.25) is 4.79 Å². The number of hydrogen-bond donors (Lipinski definition) is 1. The molecule has 1 aromatic carbocycles. The fraction of sp³-hybridized carbons (Fsp3) is 0.231. The zero-order valence-corrected chi connectivity index (χ0v) is 10.9. The summed E-state index contributed by atoms with van der Waals surface area (Å²) in [6.07, 6.45) is 0. The summed E-state index contributed by atoms with van der Waals surface area (Å²) in [4.78, 5) is 15.8. The number of amides is 1. The van der Waals surface area contributed by atoms with E-state index in [1.54, 1.807) is 12.1 Å². The molecule has 0 aliphatic carbocycles. The number of carbonyl (C=O) groups is 1. The second-order valence-electron chi connectivity index (χ2n) is 4.19. The van der Waals surface area contributed by atoms with Crippen LogP contribution in [0.15, 0.2) is 29.6 Å². The van der Waals surface area contributed by atoms with Crippen molar-refractivity contribution < 1.29 is 9.18 Å². The predicted molar refractivity (Wildman–Crippen MR) is 71.0 cm³/mol. The maximum absolute atomic E-state index is 12.8. The molecule has 3 nitrogen and oxygen atoms in total. The van der Waals surface area contributed by atoms with E-state index in [2.05, 4.69) is 10.3 Å². The van der Waals surface area contributed by atoms with E-state index in [0.717, 1.165) is 11.3 Å². The molecule has 2 rings (SSSR count). The van der Waals surface area contributed by atoms with Gasteiger partial charge in [0.15, 0.2) is 5.13 Å². The first-order chi connectivity index (χ1) is 8.56. The summed E-state index contributed by atoms with van der Waals surface area (Å²) in [5.41, 5.74) is 1.57. The van der Waals surface area contributed by atoms with Crippen LogP contribution in [0.4, 0.5) is 9.52 Å². The van der Waals surface area contributed by atoms with Crippen LogP contribution in [0.1, 0.15) is 13.8 Å². The highest BCUT2D eigenvalue weighted by Gasteiger charge is 2.10. The van der Waals surface area contributed by atoms with Gasteiger partial charge in [0.1, 0.15) is 5.82 Å². The third-order valence-electron chi connectivity index (χ3n) is 2.40. The van der Waals surface area contributed by atoms with E-state index in [4.69, 9.17) is 0 Å². The van der Waals surface area contributed by atoms with Gasteiger partial charge in [0.25, 0.3) is 0 Å². The Hall–Kier alpha value is -1.75. The number of thiazole rings is 1. The van der Waals surface area contributed by atoms with Crippen molar-refractivity contribution in [3.63, 3.8) is 0 Å². The number of hydrogen-bond acceptors (Lipinski definition) is 3. The van der Waals surface area contributed by atoms with Gasteiger partial charge < -0.3 is 5.32 Å². The topological polar surface area (TPSA) is 42.0 Å². The van der Waals surface area contributed by atoms with Gasteiger partial charge in [-0.1, -0.05) is 13.8 Å². The van der Waals surface area contributed by atoms with Gasteiger partial charge in [0.2, 0.25) is 5.91 Å². The number of halogens is 1. The second-order valence-corrected chi connectivity index (χ2v) is 5.05. The molecule has 2 aromatic rings. The van der Waals surface area contributed by atoms with Gasteiger partial charge in [-0.15, -0.1) is 11.3 Å². The highest BCUT2D eigenvalue weighted by atomic mass is 32.1. The van der Waals surface area contributed by atoms with E-state index in [1.165, 1.54) is 23.5 Å². The molecule has 0 aliphatic rings. The van der Waals surface area contributed by atoms with Crippen LogP contribution in [0.25, 0.3) is 11.3 Å². The number of carbonyl (C=O) groups excluding carboxylic acids is 1. The second kappa shape index (κ2) is 5.27. The van der Waals surface area contributed by atoms with Gasteiger partial charge >= 0.3 is 0 Å². The van der Waals surface area contributed by atoms with Crippen LogP contribution < -0.4 is 5.32 Å². The number of aromatic nitrogens is 1. The van der Waals surface area contributed by atoms with Crippen molar-refractivity contribution in [1.29, 1.82) is 0 Å². The molecule has 1 amide bonds. The minimum absolute atomic E-state index is 0.0602. The Balaban J connectivity index is 2.15. The molecule has 18 heavy (non-hydrogen) atoms. The molecule has 0 aliphatic heterocycles. The van der Waals surface area contributed by atoms with Crippen LogP contribution >= 0.6 is 11.3 Å². The molecule has 0 radical (unpaired) electrons. The van der Waals surface area contributed by atoms with Gasteiger partial charge in [-0.05, 0) is 24.3 Å². The smallest absolute Gasteiger partial charge is 0.228 e. The summed E-state index contributed by atoms with van der Waals surface area (Å²) in [5.74, 6) is -0.416. The summed E-state index contributed by atoms with van der Waals surface area (Å²) in [5, 5.41) is 5.14. The molecule has 1 heterocycles. The molecule has 0 saturated carbocycles. The lowest BCUT2D eigenvalue weighted by Crippen LogP contribution is -2.17. The number of nitrogens with zero attached hydrogens (tertiary/aromatic N) is 1. The fourth-order valence-corrected chi connectivity index (χ4v) is 2.06. The Morgan fingerprint density at radius 3 is 2.61 bits per heavy atom. The van der Waals surface area contributed by atoms with Crippen LogP contribution in [-0.4, -0.2) is 10.9 Å². The molecule has 1 aromatic heterocycles. The lowest BCUT2D eigenvalue weighted by Gasteiger charge is -2.03. The SMILES string of the molecule is CC(C)C(=O)Nc1nc(-c2ccc(F)cc2)cs1. The Labute approximate surface area is 109 Å². The number of anilines is 1. The van der Waals surface area contributed by atoms with E-state index in [0.29, 0.717) is 5.13 Å². The van der Waals surface area contributed by atoms with Gasteiger partial charge in [-0.25, -0.2) is 9.37 Å². The maximum atomic E-state index is 12.8. The Morgan fingerprint density at radius 2 is 2.00 bits per heavy atom. The highest BCUT2D eigenvalue weighted by molar-refractivity contribution is 7.14. The van der Waals surface area contributed by atoms with E-state index < -0.39 is 0 Å². The first-order valence-electron chi connectivity index (χ1n) is 5.58. The zero-order valence-electron chi connectivity index (χ0n) is 10.1. The van der Waals surface area contributed by atoms with E-state index >= 15 is 0 Å². The molecule has 1 N–H and O–H groups in total. The first kappa shape index (κ1) is 12.7. The molecule has 0 unspecified atom stereocenters. The Kier molecular flexibility index (Phi) is 3.72. The average Bonchev–Trinajstić information content (AvgIpc) is 2.78. The number of nitrogens with one attached hydrogen (secondary N) is 1. The maximum Gasteiger partial charge on any atom is 0.228 e. The summed E-state index contributed by atoms with van der Waals surface area (Å²) in [6, 6.07) is 6.11. The summed E-state index contributed by atoms with van der Waals surface area (Å²) in [7, 11) is 0. The van der Waals surface area contributed by atoms with Crippen LogP contribution in [0.2, 0.25) is 0 Å². The molecule has 5 heteroatoms. The van der Waals surface area contributed by atoms with E-state index in [1.807, 2.05) is 19.2 Å².